The molecule has 0 amide bonds. The quantitative estimate of drug-likeness (QED) is 0.148. The lowest BCUT2D eigenvalue weighted by atomic mass is 9.74. The molecule has 13 heteroatoms. The van der Waals surface area contributed by atoms with Gasteiger partial charge in [-0.1, -0.05) is 36.9 Å². The first kappa shape index (κ1) is 31.0. The van der Waals surface area contributed by atoms with Gasteiger partial charge in [-0.3, -0.25) is 42.5 Å². The van der Waals surface area contributed by atoms with E-state index in [1.54, 1.807) is 0 Å². The van der Waals surface area contributed by atoms with Gasteiger partial charge in [-0.05, 0) is 74.0 Å². The van der Waals surface area contributed by atoms with E-state index in [0.717, 1.165) is 25.7 Å². The number of halogens is 4. The lowest BCUT2D eigenvalue weighted by Gasteiger charge is -2.43. The predicted octanol–water partition coefficient (Wildman–Crippen LogP) is 1.70. The second-order valence-corrected chi connectivity index (χ2v) is 17.2. The zero-order valence-corrected chi connectivity index (χ0v) is 27.5. The second kappa shape index (κ2) is 12.1. The van der Waals surface area contributed by atoms with Gasteiger partial charge in [-0.25, -0.2) is 17.6 Å². The first-order valence-electron chi connectivity index (χ1n) is 18.3. The number of alkyl halides is 4. The van der Waals surface area contributed by atoms with Crippen LogP contribution in [0.25, 0.3) is 0 Å². The first-order chi connectivity index (χ1) is 21.9. The fourth-order valence-corrected chi connectivity index (χ4v) is 13.0. The lowest BCUT2D eigenvalue weighted by molar-refractivity contribution is -0.0293. The Hall–Kier alpha value is -0.0675. The molecule has 8 N–H and O–H groups in total. The highest BCUT2D eigenvalue weighted by atomic mass is 27.0. The minimum atomic E-state index is -2.15. The molecule has 8 nitrogen and oxygen atoms in total. The minimum Gasteiger partial charge on any atom is -0.286 e. The molecule has 0 aromatic carbocycles. The van der Waals surface area contributed by atoms with Crippen molar-refractivity contribution >= 4 is 16.3 Å². The normalized spacial score (nSPS) is 60.8. The summed E-state index contributed by atoms with van der Waals surface area (Å²) in [5.74, 6) is 0.565. The molecule has 0 spiro atoms. The van der Waals surface area contributed by atoms with Crippen LogP contribution in [0.15, 0.2) is 0 Å². The fraction of sp³-hybridized carbons (Fsp3) is 1.00. The van der Waals surface area contributed by atoms with Crippen molar-refractivity contribution in [3.05, 3.63) is 0 Å². The van der Waals surface area contributed by atoms with Crippen LogP contribution in [0.3, 0.4) is 0 Å². The molecular formula is C32H52AlF4N8. The van der Waals surface area contributed by atoms with Gasteiger partial charge in [0.2, 0.25) is 0 Å². The van der Waals surface area contributed by atoms with E-state index in [-0.39, 0.29) is 48.8 Å². The van der Waals surface area contributed by atoms with Gasteiger partial charge in [0, 0.05) is 11.8 Å². The molecule has 21 atom stereocenters. The van der Waals surface area contributed by atoms with Gasteiger partial charge < -0.3 is 0 Å². The van der Waals surface area contributed by atoms with Crippen LogP contribution in [0.2, 0.25) is 4.78 Å². The molecule has 8 bridgehead atoms. The van der Waals surface area contributed by atoms with Crippen LogP contribution in [0, 0.1) is 47.3 Å². The Kier molecular flexibility index (Phi) is 8.30. The maximum atomic E-state index is 16.0. The maximum absolute atomic E-state index is 16.0. The SMILES string of the molecule is FC1CCCC2C3NC4NC(NC5NC(NC6NC(NC(N3)C12)C1C(F)C(F)C(F)[CH]([AlH])C61)C1CCCCC51)C1CCCCC41. The average molecular weight is 652 g/mol. The van der Waals surface area contributed by atoms with Crippen molar-refractivity contribution in [1.29, 1.82) is 0 Å². The Bertz CT molecular complexity index is 1100. The predicted molar refractivity (Wildman–Crippen MR) is 165 cm³/mol. The molecule has 251 valence electrons. The van der Waals surface area contributed by atoms with E-state index in [4.69, 9.17) is 0 Å². The van der Waals surface area contributed by atoms with Crippen LogP contribution in [-0.2, 0) is 0 Å². The highest BCUT2D eigenvalue weighted by Crippen LogP contribution is 2.50. The average Bonchev–Trinajstić information content (AvgIpc) is 3.78. The van der Waals surface area contributed by atoms with Gasteiger partial charge in [0.1, 0.15) is 18.5 Å². The molecule has 9 rings (SSSR count). The van der Waals surface area contributed by atoms with Gasteiger partial charge in [-0.2, -0.15) is 0 Å². The van der Waals surface area contributed by atoms with Crippen molar-refractivity contribution in [3.63, 3.8) is 0 Å². The summed E-state index contributed by atoms with van der Waals surface area (Å²) in [5.41, 5.74) is 0. The Morgan fingerprint density at radius 3 is 1.24 bits per heavy atom. The third-order valence-electron chi connectivity index (χ3n) is 14.2. The number of rotatable bonds is 0. The summed E-state index contributed by atoms with van der Waals surface area (Å²) in [6, 6.07) is 0. The molecule has 1 radical (unpaired) electrons. The van der Waals surface area contributed by atoms with Crippen molar-refractivity contribution in [1.82, 2.24) is 42.5 Å². The molecular weight excluding hydrogens is 599 g/mol. The molecule has 5 aliphatic heterocycles. The van der Waals surface area contributed by atoms with E-state index in [1.807, 2.05) is 0 Å². The Balaban J connectivity index is 1.09. The molecule has 9 fully saturated rings. The summed E-state index contributed by atoms with van der Waals surface area (Å²) >= 11 is 1.48. The van der Waals surface area contributed by atoms with Gasteiger partial charge in [0.25, 0.3) is 0 Å². The molecule has 4 saturated carbocycles. The van der Waals surface area contributed by atoms with Gasteiger partial charge in [0.15, 0.2) is 22.5 Å². The number of nitrogens with one attached hydrogen (secondary N) is 8. The topological polar surface area (TPSA) is 96.2 Å². The first-order valence-corrected chi connectivity index (χ1v) is 19.2. The molecule has 0 aromatic rings. The van der Waals surface area contributed by atoms with Crippen LogP contribution < -0.4 is 42.5 Å². The second-order valence-electron chi connectivity index (χ2n) is 16.2. The Labute approximate surface area is 272 Å². The summed E-state index contributed by atoms with van der Waals surface area (Å²) in [6.45, 7) is 0. The van der Waals surface area contributed by atoms with Crippen LogP contribution >= 0.6 is 0 Å². The highest BCUT2D eigenvalue weighted by molar-refractivity contribution is 6.12. The van der Waals surface area contributed by atoms with Crippen LogP contribution in [-0.4, -0.2) is 90.3 Å². The van der Waals surface area contributed by atoms with E-state index >= 15 is 17.6 Å². The van der Waals surface area contributed by atoms with E-state index in [1.165, 1.54) is 54.8 Å². The summed E-state index contributed by atoms with van der Waals surface area (Å²) in [7, 11) is 0. The van der Waals surface area contributed by atoms with Crippen molar-refractivity contribution in [2.75, 3.05) is 0 Å². The smallest absolute Gasteiger partial charge is 0.183 e. The van der Waals surface area contributed by atoms with Crippen molar-refractivity contribution in [2.24, 2.45) is 47.3 Å². The largest absolute Gasteiger partial charge is 0.286 e. The van der Waals surface area contributed by atoms with E-state index < -0.39 is 53.6 Å². The fourth-order valence-electron chi connectivity index (χ4n) is 12.1. The number of hydrogen-bond donors (Lipinski definition) is 8. The minimum absolute atomic E-state index is 0.0169. The number of fused-ring (bicyclic) bond motifs is 20. The summed E-state index contributed by atoms with van der Waals surface area (Å²) in [4.78, 5) is 0. The summed E-state index contributed by atoms with van der Waals surface area (Å²) < 4.78 is 61.7. The van der Waals surface area contributed by atoms with Gasteiger partial charge in [-0.15, -0.1) is 0 Å². The van der Waals surface area contributed by atoms with Gasteiger partial charge in [0.05, 0.1) is 49.3 Å². The third kappa shape index (κ3) is 5.03. The van der Waals surface area contributed by atoms with Crippen molar-refractivity contribution < 1.29 is 17.6 Å². The Morgan fingerprint density at radius 1 is 0.356 bits per heavy atom. The van der Waals surface area contributed by atoms with E-state index in [9.17, 15) is 0 Å². The third-order valence-corrected chi connectivity index (χ3v) is 15.2. The molecule has 45 heavy (non-hydrogen) atoms. The van der Waals surface area contributed by atoms with Crippen LogP contribution in [0.5, 0.6) is 0 Å². The number of hydrogen-bond acceptors (Lipinski definition) is 8. The molecule has 5 saturated heterocycles. The Morgan fingerprint density at radius 2 is 0.733 bits per heavy atom. The zero-order chi connectivity index (χ0) is 30.6. The van der Waals surface area contributed by atoms with Crippen LogP contribution in [0.1, 0.15) is 70.6 Å². The standard InChI is InChI=1S/C32H51F4N8.Al.H/c33-19-11-5-10-17-21(19)31-42-29(17)40-27-15-8-3-1-6-13(15)25(38-27)37-26-14-7-2-4-9-16(14)28(39-26)41-30-18-12-20(34)23(35)24(36)22(18)32(43-30)44-31;;/h12-32,37-44H,1-11H2;;. The highest BCUT2D eigenvalue weighted by Gasteiger charge is 2.61. The monoisotopic (exact) mass is 651 g/mol. The van der Waals surface area contributed by atoms with Crippen molar-refractivity contribution in [3.8, 4) is 0 Å². The van der Waals surface area contributed by atoms with Crippen molar-refractivity contribution in [2.45, 2.75) is 149 Å². The van der Waals surface area contributed by atoms with E-state index in [2.05, 4.69) is 42.5 Å². The molecule has 5 heterocycles. The van der Waals surface area contributed by atoms with Gasteiger partial charge >= 0.3 is 0 Å². The summed E-state index contributed by atoms with van der Waals surface area (Å²) in [6.07, 6.45) is 3.93. The van der Waals surface area contributed by atoms with E-state index in [0.29, 0.717) is 30.1 Å². The maximum Gasteiger partial charge on any atom is 0.183 e. The van der Waals surface area contributed by atoms with Crippen LogP contribution in [0.4, 0.5) is 17.6 Å². The molecule has 9 aliphatic rings. The molecule has 0 aromatic heterocycles. The molecule has 4 aliphatic carbocycles. The molecule has 21 unspecified atom stereocenters. The summed E-state index contributed by atoms with van der Waals surface area (Å²) in [5, 5.41) is 30.7. The zero-order valence-electron chi connectivity index (χ0n) is 26.1. The lowest BCUT2D eigenvalue weighted by Crippen LogP contribution is -2.62.